The maximum Gasteiger partial charge on any atom is 0.241 e. The van der Waals surface area contributed by atoms with Crippen molar-refractivity contribution in [1.82, 2.24) is 0 Å². The van der Waals surface area contributed by atoms with Crippen LogP contribution in [0.4, 0.5) is 10.1 Å². The second-order valence-electron chi connectivity index (χ2n) is 4.93. The average molecular weight is 288 g/mol. The number of halogens is 1. The molecule has 5 heteroatoms. The number of nitrogens with one attached hydrogen (secondary N) is 1. The molecule has 2 aromatic carbocycles. The summed E-state index contributed by atoms with van der Waals surface area (Å²) in [4.78, 5) is 12.0. The van der Waals surface area contributed by atoms with Crippen LogP contribution in [0.15, 0.2) is 42.5 Å². The molecule has 0 aromatic heterocycles. The maximum absolute atomic E-state index is 13.4. The lowest BCUT2D eigenvalue weighted by molar-refractivity contribution is -0.117. The number of hydrogen-bond donors (Lipinski definition) is 3. The van der Waals surface area contributed by atoms with Gasteiger partial charge >= 0.3 is 0 Å². The number of rotatable bonds is 4. The van der Waals surface area contributed by atoms with Gasteiger partial charge in [-0.05, 0) is 48.7 Å². The van der Waals surface area contributed by atoms with Gasteiger partial charge in [-0.25, -0.2) is 4.39 Å². The predicted molar refractivity (Wildman–Crippen MR) is 79.6 cm³/mol. The second kappa shape index (κ2) is 6.37. The molecule has 0 radical (unpaired) electrons. The molecule has 0 spiro atoms. The van der Waals surface area contributed by atoms with E-state index in [1.165, 1.54) is 18.2 Å². The fraction of sp³-hybridized carbons (Fsp3) is 0.188. The molecule has 1 unspecified atom stereocenters. The number of phenolic OH excluding ortho intramolecular Hbond substituents is 1. The molecular weight excluding hydrogens is 271 g/mol. The third-order valence-corrected chi connectivity index (χ3v) is 3.17. The van der Waals surface area contributed by atoms with Crippen molar-refractivity contribution in [3.8, 4) is 5.75 Å². The molecule has 0 aliphatic carbocycles. The molecule has 2 rings (SSSR count). The van der Waals surface area contributed by atoms with Crippen molar-refractivity contribution in [2.24, 2.45) is 5.73 Å². The first-order valence-corrected chi connectivity index (χ1v) is 6.56. The Morgan fingerprint density at radius 1 is 1.29 bits per heavy atom. The number of nitrogens with two attached hydrogens (primary N) is 1. The van der Waals surface area contributed by atoms with Gasteiger partial charge in [-0.15, -0.1) is 0 Å². The van der Waals surface area contributed by atoms with E-state index >= 15 is 0 Å². The van der Waals surface area contributed by atoms with Crippen molar-refractivity contribution in [2.75, 3.05) is 5.32 Å². The first-order chi connectivity index (χ1) is 9.95. The molecule has 4 nitrogen and oxygen atoms in total. The van der Waals surface area contributed by atoms with Crippen molar-refractivity contribution in [2.45, 2.75) is 19.4 Å². The summed E-state index contributed by atoms with van der Waals surface area (Å²) in [7, 11) is 0. The van der Waals surface area contributed by atoms with Crippen LogP contribution in [-0.2, 0) is 11.2 Å². The highest BCUT2D eigenvalue weighted by molar-refractivity contribution is 5.94. The van der Waals surface area contributed by atoms with Crippen LogP contribution in [0.1, 0.15) is 11.1 Å². The number of carbonyl (C=O) groups excluding carboxylic acids is 1. The van der Waals surface area contributed by atoms with E-state index in [2.05, 4.69) is 5.32 Å². The first-order valence-electron chi connectivity index (χ1n) is 6.56. The third kappa shape index (κ3) is 4.03. The van der Waals surface area contributed by atoms with Crippen LogP contribution < -0.4 is 11.1 Å². The molecule has 2 aromatic rings. The second-order valence-corrected chi connectivity index (χ2v) is 4.93. The molecule has 0 aliphatic heterocycles. The molecule has 0 saturated carbocycles. The largest absolute Gasteiger partial charge is 0.508 e. The molecular formula is C16H17FN2O2. The number of aryl methyl sites for hydroxylation is 1. The van der Waals surface area contributed by atoms with Crippen LogP contribution in [-0.4, -0.2) is 17.1 Å². The van der Waals surface area contributed by atoms with Crippen molar-refractivity contribution < 1.29 is 14.3 Å². The van der Waals surface area contributed by atoms with Crippen LogP contribution in [0.3, 0.4) is 0 Å². The summed E-state index contributed by atoms with van der Waals surface area (Å²) in [6, 6.07) is 10.2. The Morgan fingerprint density at radius 3 is 2.57 bits per heavy atom. The molecule has 0 saturated heterocycles. The monoisotopic (exact) mass is 288 g/mol. The molecule has 0 fully saturated rings. The number of phenols is 1. The van der Waals surface area contributed by atoms with Crippen molar-refractivity contribution >= 4 is 11.6 Å². The van der Waals surface area contributed by atoms with E-state index in [0.29, 0.717) is 17.7 Å². The minimum atomic E-state index is -0.751. The van der Waals surface area contributed by atoms with E-state index in [0.717, 1.165) is 5.56 Å². The Labute approximate surface area is 122 Å². The fourth-order valence-corrected chi connectivity index (χ4v) is 1.88. The van der Waals surface area contributed by atoms with Crippen LogP contribution in [0.5, 0.6) is 5.75 Å². The Morgan fingerprint density at radius 2 is 1.95 bits per heavy atom. The van der Waals surface area contributed by atoms with Gasteiger partial charge in [0.2, 0.25) is 5.91 Å². The topological polar surface area (TPSA) is 75.4 Å². The lowest BCUT2D eigenvalue weighted by Gasteiger charge is -2.13. The molecule has 21 heavy (non-hydrogen) atoms. The number of amides is 1. The highest BCUT2D eigenvalue weighted by atomic mass is 19.1. The Hall–Kier alpha value is -2.40. The van der Waals surface area contributed by atoms with E-state index in [1.807, 2.05) is 0 Å². The first kappa shape index (κ1) is 15.0. The molecule has 0 aliphatic rings. The van der Waals surface area contributed by atoms with Gasteiger partial charge in [0.25, 0.3) is 0 Å². The molecule has 4 N–H and O–H groups in total. The summed E-state index contributed by atoms with van der Waals surface area (Å²) in [5, 5.41) is 11.8. The highest BCUT2D eigenvalue weighted by Gasteiger charge is 2.14. The molecule has 0 bridgehead atoms. The number of anilines is 1. The van der Waals surface area contributed by atoms with E-state index in [4.69, 9.17) is 5.73 Å². The fourth-order valence-electron chi connectivity index (χ4n) is 1.88. The zero-order valence-corrected chi connectivity index (χ0v) is 11.6. The minimum Gasteiger partial charge on any atom is -0.508 e. The van der Waals surface area contributed by atoms with E-state index < -0.39 is 6.04 Å². The van der Waals surface area contributed by atoms with Gasteiger partial charge < -0.3 is 16.2 Å². The van der Waals surface area contributed by atoms with Gasteiger partial charge in [-0.1, -0.05) is 18.2 Å². The Balaban J connectivity index is 1.98. The zero-order chi connectivity index (χ0) is 15.4. The van der Waals surface area contributed by atoms with Crippen molar-refractivity contribution in [3.63, 3.8) is 0 Å². The summed E-state index contributed by atoms with van der Waals surface area (Å²) < 4.78 is 13.4. The number of benzene rings is 2. The summed E-state index contributed by atoms with van der Waals surface area (Å²) in [6.07, 6.45) is 0.334. The van der Waals surface area contributed by atoms with Gasteiger partial charge in [0.1, 0.15) is 11.6 Å². The van der Waals surface area contributed by atoms with Gasteiger partial charge in [0.05, 0.1) is 6.04 Å². The minimum absolute atomic E-state index is 0.159. The number of aromatic hydroxyl groups is 1. The standard InChI is InChI=1S/C16H17FN2O2/c1-10-2-5-12(9-14(10)17)19-16(21)15(18)8-11-3-6-13(20)7-4-11/h2-7,9,15,20H,8,18H2,1H3,(H,19,21). The van der Waals surface area contributed by atoms with Gasteiger partial charge in [0.15, 0.2) is 0 Å². The van der Waals surface area contributed by atoms with E-state index in [-0.39, 0.29) is 17.5 Å². The van der Waals surface area contributed by atoms with Crippen molar-refractivity contribution in [3.05, 3.63) is 59.4 Å². The van der Waals surface area contributed by atoms with Crippen LogP contribution in [0, 0.1) is 12.7 Å². The zero-order valence-electron chi connectivity index (χ0n) is 11.6. The van der Waals surface area contributed by atoms with Crippen molar-refractivity contribution in [1.29, 1.82) is 0 Å². The van der Waals surface area contributed by atoms with E-state index in [1.54, 1.807) is 31.2 Å². The lowest BCUT2D eigenvalue weighted by atomic mass is 10.1. The highest BCUT2D eigenvalue weighted by Crippen LogP contribution is 2.15. The van der Waals surface area contributed by atoms with E-state index in [9.17, 15) is 14.3 Å². The SMILES string of the molecule is Cc1ccc(NC(=O)C(N)Cc2ccc(O)cc2)cc1F. The van der Waals surface area contributed by atoms with Crippen LogP contribution >= 0.6 is 0 Å². The van der Waals surface area contributed by atoms with Crippen LogP contribution in [0.2, 0.25) is 0 Å². The lowest BCUT2D eigenvalue weighted by Crippen LogP contribution is -2.37. The molecule has 0 heterocycles. The number of hydrogen-bond acceptors (Lipinski definition) is 3. The van der Waals surface area contributed by atoms with Gasteiger partial charge in [-0.3, -0.25) is 4.79 Å². The molecule has 1 amide bonds. The predicted octanol–water partition coefficient (Wildman–Crippen LogP) is 2.35. The summed E-state index contributed by atoms with van der Waals surface area (Å²) in [5.41, 5.74) is 7.57. The van der Waals surface area contributed by atoms with Crippen LogP contribution in [0.25, 0.3) is 0 Å². The quantitative estimate of drug-likeness (QED) is 0.808. The number of carbonyl (C=O) groups is 1. The summed E-state index contributed by atoms with van der Waals surface area (Å²) >= 11 is 0. The van der Waals surface area contributed by atoms with Gasteiger partial charge in [-0.2, -0.15) is 0 Å². The maximum atomic E-state index is 13.4. The Bertz CT molecular complexity index is 641. The third-order valence-electron chi connectivity index (χ3n) is 3.17. The Kier molecular flexibility index (Phi) is 4.55. The molecule has 110 valence electrons. The molecule has 1 atom stereocenters. The smallest absolute Gasteiger partial charge is 0.241 e. The summed E-state index contributed by atoms with van der Waals surface area (Å²) in [5.74, 6) is -0.599. The summed E-state index contributed by atoms with van der Waals surface area (Å²) in [6.45, 7) is 1.65. The van der Waals surface area contributed by atoms with Gasteiger partial charge in [0, 0.05) is 5.69 Å². The average Bonchev–Trinajstić information content (AvgIpc) is 2.45. The normalized spacial score (nSPS) is 12.0.